The molecule has 0 bridgehead atoms. The predicted octanol–water partition coefficient (Wildman–Crippen LogP) is 5.68. The molecule has 0 unspecified atom stereocenters. The highest BCUT2D eigenvalue weighted by molar-refractivity contribution is 6.53. The van der Waals surface area contributed by atoms with Crippen LogP contribution >= 0.6 is 34.8 Å². The summed E-state index contributed by atoms with van der Waals surface area (Å²) in [5.41, 5.74) is 1.55. The maximum Gasteiger partial charge on any atom is 0.283 e. The van der Waals surface area contributed by atoms with Gasteiger partial charge in [0.15, 0.2) is 0 Å². The Morgan fingerprint density at radius 3 is 2.22 bits per heavy atom. The van der Waals surface area contributed by atoms with Gasteiger partial charge in [-0.1, -0.05) is 59.1 Å². The second-order valence-electron chi connectivity index (χ2n) is 6.76. The van der Waals surface area contributed by atoms with Gasteiger partial charge < -0.3 is 10.6 Å². The number of carbonyl (C=O) groups is 3. The lowest BCUT2D eigenvalue weighted by Crippen LogP contribution is -2.32. The van der Waals surface area contributed by atoms with E-state index < -0.39 is 17.7 Å². The Bertz CT molecular complexity index is 1280. The molecule has 0 spiro atoms. The van der Waals surface area contributed by atoms with Gasteiger partial charge in [-0.3, -0.25) is 14.4 Å². The van der Waals surface area contributed by atoms with Crippen molar-refractivity contribution < 1.29 is 14.4 Å². The molecule has 3 amide bonds. The summed E-state index contributed by atoms with van der Waals surface area (Å²) in [6.45, 7) is 0. The van der Waals surface area contributed by atoms with Crippen LogP contribution in [0.2, 0.25) is 10.0 Å². The second kappa shape index (κ2) is 9.04. The van der Waals surface area contributed by atoms with Crippen molar-refractivity contribution >= 4 is 69.6 Å². The molecule has 2 N–H and O–H groups in total. The fourth-order valence-corrected chi connectivity index (χ4v) is 3.59. The Hall–Kier alpha value is -3.32. The van der Waals surface area contributed by atoms with Crippen LogP contribution in [0, 0.1) is 0 Å². The summed E-state index contributed by atoms with van der Waals surface area (Å²) in [7, 11) is 0. The molecule has 0 aromatic heterocycles. The van der Waals surface area contributed by atoms with Gasteiger partial charge in [0, 0.05) is 16.9 Å². The van der Waals surface area contributed by atoms with Gasteiger partial charge in [0.25, 0.3) is 17.7 Å². The van der Waals surface area contributed by atoms with Crippen LogP contribution in [0.5, 0.6) is 0 Å². The number of rotatable bonds is 5. The minimum atomic E-state index is -0.626. The highest BCUT2D eigenvalue weighted by Gasteiger charge is 2.38. The quantitative estimate of drug-likeness (QED) is 0.455. The molecule has 1 aliphatic heterocycles. The Balaban J connectivity index is 1.53. The van der Waals surface area contributed by atoms with E-state index in [2.05, 4.69) is 10.6 Å². The smallest absolute Gasteiger partial charge is 0.283 e. The highest BCUT2D eigenvalue weighted by Crippen LogP contribution is 2.30. The maximum absolute atomic E-state index is 12.8. The number of hydrogen-bond donors (Lipinski definition) is 2. The summed E-state index contributed by atoms with van der Waals surface area (Å²) in [6, 6.07) is 19.6. The van der Waals surface area contributed by atoms with E-state index in [0.29, 0.717) is 32.7 Å². The molecule has 1 aliphatic rings. The summed E-state index contributed by atoms with van der Waals surface area (Å²) in [4.78, 5) is 39.0. The van der Waals surface area contributed by atoms with Gasteiger partial charge >= 0.3 is 0 Å². The number of para-hydroxylation sites is 1. The van der Waals surface area contributed by atoms with Crippen LogP contribution in [-0.2, 0) is 9.59 Å². The van der Waals surface area contributed by atoms with Crippen molar-refractivity contribution in [1.82, 2.24) is 0 Å². The Kier molecular flexibility index (Phi) is 6.19. The van der Waals surface area contributed by atoms with Crippen molar-refractivity contribution in [3.05, 3.63) is 99.1 Å². The van der Waals surface area contributed by atoms with Gasteiger partial charge in [-0.05, 0) is 48.5 Å². The van der Waals surface area contributed by atoms with E-state index in [0.717, 1.165) is 4.90 Å². The molecule has 6 nitrogen and oxygen atoms in total. The fraction of sp³-hybridized carbons (Fsp3) is 0. The van der Waals surface area contributed by atoms with E-state index in [9.17, 15) is 14.4 Å². The highest BCUT2D eigenvalue weighted by atomic mass is 35.5. The average Bonchev–Trinajstić information content (AvgIpc) is 3.00. The third-order valence-corrected chi connectivity index (χ3v) is 5.70. The van der Waals surface area contributed by atoms with Crippen LogP contribution in [0.1, 0.15) is 10.4 Å². The first-order valence-corrected chi connectivity index (χ1v) is 10.5. The zero-order valence-corrected chi connectivity index (χ0v) is 18.5. The Labute approximate surface area is 198 Å². The molecule has 3 aromatic rings. The Morgan fingerprint density at radius 1 is 0.750 bits per heavy atom. The lowest BCUT2D eigenvalue weighted by atomic mass is 10.1. The minimum Gasteiger partial charge on any atom is -0.350 e. The van der Waals surface area contributed by atoms with E-state index in [-0.39, 0.29) is 10.7 Å². The monoisotopic (exact) mass is 485 g/mol. The molecule has 160 valence electrons. The third-order valence-electron chi connectivity index (χ3n) is 4.61. The van der Waals surface area contributed by atoms with Crippen LogP contribution in [0.25, 0.3) is 0 Å². The standard InChI is InChI=1S/C23H14Cl3N3O3/c24-17-10-9-15(12-18(17)25)28-21(30)13-5-4-6-14(11-13)27-20-19(26)22(31)29(23(20)32)16-7-2-1-3-8-16/h1-12,27H,(H,28,30). The predicted molar refractivity (Wildman–Crippen MR) is 126 cm³/mol. The second-order valence-corrected chi connectivity index (χ2v) is 7.95. The molecule has 3 aromatic carbocycles. The number of benzene rings is 3. The fourth-order valence-electron chi connectivity index (χ4n) is 3.08. The lowest BCUT2D eigenvalue weighted by Gasteiger charge is -2.15. The molecule has 0 saturated heterocycles. The van der Waals surface area contributed by atoms with Crippen molar-refractivity contribution in [1.29, 1.82) is 0 Å². The average molecular weight is 487 g/mol. The van der Waals surface area contributed by atoms with Gasteiger partial charge in [-0.15, -0.1) is 0 Å². The summed E-state index contributed by atoms with van der Waals surface area (Å²) in [5, 5.41) is 6.04. The number of carbonyl (C=O) groups excluding carboxylic acids is 3. The molecule has 4 rings (SSSR count). The molecule has 0 radical (unpaired) electrons. The van der Waals surface area contributed by atoms with Crippen molar-refractivity contribution in [3.63, 3.8) is 0 Å². The normalized spacial score (nSPS) is 13.5. The van der Waals surface area contributed by atoms with Gasteiger partial charge in [0.1, 0.15) is 10.7 Å². The first kappa shape index (κ1) is 21.9. The molecule has 9 heteroatoms. The van der Waals surface area contributed by atoms with Crippen molar-refractivity contribution in [2.24, 2.45) is 0 Å². The summed E-state index contributed by atoms with van der Waals surface area (Å²) < 4.78 is 0. The molecular formula is C23H14Cl3N3O3. The summed E-state index contributed by atoms with van der Waals surface area (Å²) in [5.74, 6) is -1.61. The largest absolute Gasteiger partial charge is 0.350 e. The summed E-state index contributed by atoms with van der Waals surface area (Å²) in [6.07, 6.45) is 0. The molecule has 0 saturated carbocycles. The molecular weight excluding hydrogens is 473 g/mol. The van der Waals surface area contributed by atoms with Gasteiger partial charge in [-0.2, -0.15) is 0 Å². The van der Waals surface area contributed by atoms with E-state index in [1.165, 1.54) is 12.1 Å². The minimum absolute atomic E-state index is 0.0671. The van der Waals surface area contributed by atoms with E-state index in [1.54, 1.807) is 60.7 Å². The van der Waals surface area contributed by atoms with Gasteiger partial charge in [0.2, 0.25) is 0 Å². The number of halogens is 3. The lowest BCUT2D eigenvalue weighted by molar-refractivity contribution is -0.120. The molecule has 0 aliphatic carbocycles. The number of anilines is 3. The molecule has 0 fully saturated rings. The van der Waals surface area contributed by atoms with Crippen molar-refractivity contribution in [3.8, 4) is 0 Å². The summed E-state index contributed by atoms with van der Waals surface area (Å²) >= 11 is 18.0. The zero-order chi connectivity index (χ0) is 22.8. The van der Waals surface area contributed by atoms with Crippen LogP contribution < -0.4 is 15.5 Å². The molecule has 1 heterocycles. The third kappa shape index (κ3) is 4.34. The van der Waals surface area contributed by atoms with E-state index in [1.807, 2.05) is 0 Å². The van der Waals surface area contributed by atoms with Crippen LogP contribution in [-0.4, -0.2) is 17.7 Å². The van der Waals surface area contributed by atoms with Crippen LogP contribution in [0.3, 0.4) is 0 Å². The van der Waals surface area contributed by atoms with E-state index in [4.69, 9.17) is 34.8 Å². The van der Waals surface area contributed by atoms with Gasteiger partial charge in [0.05, 0.1) is 15.7 Å². The zero-order valence-electron chi connectivity index (χ0n) is 16.2. The topological polar surface area (TPSA) is 78.5 Å². The van der Waals surface area contributed by atoms with Gasteiger partial charge in [-0.25, -0.2) is 4.90 Å². The van der Waals surface area contributed by atoms with Crippen LogP contribution in [0.15, 0.2) is 83.5 Å². The first-order valence-electron chi connectivity index (χ1n) is 9.32. The molecule has 0 atom stereocenters. The molecule has 32 heavy (non-hydrogen) atoms. The van der Waals surface area contributed by atoms with Crippen molar-refractivity contribution in [2.75, 3.05) is 15.5 Å². The first-order chi connectivity index (χ1) is 15.3. The maximum atomic E-state index is 12.8. The Morgan fingerprint density at radius 2 is 1.50 bits per heavy atom. The number of nitrogens with zero attached hydrogens (tertiary/aromatic N) is 1. The van der Waals surface area contributed by atoms with Crippen LogP contribution in [0.4, 0.5) is 17.1 Å². The number of imide groups is 1. The van der Waals surface area contributed by atoms with E-state index >= 15 is 0 Å². The number of nitrogens with one attached hydrogen (secondary N) is 2. The SMILES string of the molecule is O=C(Nc1ccc(Cl)c(Cl)c1)c1cccc(NC2=C(Cl)C(=O)N(c3ccccc3)C2=O)c1. The number of hydrogen-bond acceptors (Lipinski definition) is 4. The van der Waals surface area contributed by atoms with Crippen molar-refractivity contribution in [2.45, 2.75) is 0 Å². The number of amides is 3.